The quantitative estimate of drug-likeness (QED) is 0.658. The molecule has 3 nitrogen and oxygen atoms in total. The van der Waals surface area contributed by atoms with Gasteiger partial charge in [-0.3, -0.25) is 4.79 Å². The largest absolute Gasteiger partial charge is 0.340 e. The second-order valence-electron chi connectivity index (χ2n) is 3.44. The van der Waals surface area contributed by atoms with Gasteiger partial charge in [-0.1, -0.05) is 6.92 Å². The lowest BCUT2D eigenvalue weighted by atomic mass is 10.2. The Morgan fingerprint density at radius 2 is 2.42 bits per heavy atom. The molecule has 0 radical (unpaired) electrons. The van der Waals surface area contributed by atoms with Crippen molar-refractivity contribution in [1.29, 1.82) is 0 Å². The van der Waals surface area contributed by atoms with Crippen molar-refractivity contribution in [2.45, 2.75) is 32.7 Å². The van der Waals surface area contributed by atoms with E-state index in [2.05, 4.69) is 12.2 Å². The van der Waals surface area contributed by atoms with Crippen molar-refractivity contribution in [3.63, 3.8) is 0 Å². The summed E-state index contributed by atoms with van der Waals surface area (Å²) < 4.78 is 0. The zero-order valence-corrected chi connectivity index (χ0v) is 7.97. The van der Waals surface area contributed by atoms with Crippen LogP contribution < -0.4 is 5.32 Å². The third kappa shape index (κ3) is 2.48. The van der Waals surface area contributed by atoms with Crippen molar-refractivity contribution in [1.82, 2.24) is 10.2 Å². The Kier molecular flexibility index (Phi) is 3.53. The van der Waals surface area contributed by atoms with Crippen LogP contribution in [0, 0.1) is 0 Å². The van der Waals surface area contributed by atoms with Crippen molar-refractivity contribution in [2.75, 3.05) is 19.6 Å². The van der Waals surface area contributed by atoms with Crippen molar-refractivity contribution < 1.29 is 4.79 Å². The van der Waals surface area contributed by atoms with Crippen LogP contribution in [0.2, 0.25) is 0 Å². The molecule has 0 bridgehead atoms. The number of piperazine rings is 1. The third-order valence-electron chi connectivity index (χ3n) is 2.19. The van der Waals surface area contributed by atoms with E-state index in [1.54, 1.807) is 0 Å². The molecule has 0 aromatic rings. The van der Waals surface area contributed by atoms with E-state index in [0.29, 0.717) is 18.4 Å². The first-order valence-electron chi connectivity index (χ1n) is 4.75. The highest BCUT2D eigenvalue weighted by atomic mass is 16.2. The molecule has 70 valence electrons. The summed E-state index contributed by atoms with van der Waals surface area (Å²) in [7, 11) is 0. The van der Waals surface area contributed by atoms with Gasteiger partial charge >= 0.3 is 0 Å². The number of nitrogens with zero attached hydrogens (tertiary/aromatic N) is 1. The molecule has 0 spiro atoms. The minimum atomic E-state index is 0.311. The topological polar surface area (TPSA) is 32.3 Å². The lowest BCUT2D eigenvalue weighted by molar-refractivity contribution is -0.132. The van der Waals surface area contributed by atoms with E-state index in [1.807, 2.05) is 11.8 Å². The first-order valence-corrected chi connectivity index (χ1v) is 4.75. The van der Waals surface area contributed by atoms with Gasteiger partial charge in [0.25, 0.3) is 0 Å². The molecule has 12 heavy (non-hydrogen) atoms. The predicted octanol–water partition coefficient (Wildman–Crippen LogP) is 0.607. The summed E-state index contributed by atoms with van der Waals surface area (Å²) in [5.41, 5.74) is 0. The van der Waals surface area contributed by atoms with Crippen molar-refractivity contribution in [3.05, 3.63) is 0 Å². The van der Waals surface area contributed by atoms with Gasteiger partial charge in [-0.15, -0.1) is 0 Å². The predicted molar refractivity (Wildman–Crippen MR) is 49.0 cm³/mol. The highest BCUT2D eigenvalue weighted by Crippen LogP contribution is 2.02. The number of nitrogens with one attached hydrogen (secondary N) is 1. The number of carbonyl (C=O) groups is 1. The van der Waals surface area contributed by atoms with Crippen LogP contribution in [0.5, 0.6) is 0 Å². The molecule has 0 unspecified atom stereocenters. The Bertz CT molecular complexity index is 159. The zero-order chi connectivity index (χ0) is 8.97. The Morgan fingerprint density at radius 3 is 3.00 bits per heavy atom. The van der Waals surface area contributed by atoms with Crippen LogP contribution >= 0.6 is 0 Å². The first kappa shape index (κ1) is 9.52. The smallest absolute Gasteiger partial charge is 0.222 e. The van der Waals surface area contributed by atoms with Crippen molar-refractivity contribution >= 4 is 5.91 Å². The Morgan fingerprint density at radius 1 is 1.67 bits per heavy atom. The fourth-order valence-electron chi connectivity index (χ4n) is 1.53. The van der Waals surface area contributed by atoms with Gasteiger partial charge in [-0.25, -0.2) is 0 Å². The standard InChI is InChI=1S/C9H18N2O/c1-3-4-9(12)11-6-5-10-8(2)7-11/h8,10H,3-7H2,1-2H3/t8-/m0/s1. The molecular formula is C9H18N2O. The molecule has 1 aliphatic rings. The lowest BCUT2D eigenvalue weighted by Gasteiger charge is -2.31. The normalized spacial score (nSPS) is 24.2. The summed E-state index contributed by atoms with van der Waals surface area (Å²) in [6.45, 7) is 6.85. The fourth-order valence-corrected chi connectivity index (χ4v) is 1.53. The van der Waals surface area contributed by atoms with Gasteiger partial charge in [-0.05, 0) is 13.3 Å². The second-order valence-corrected chi connectivity index (χ2v) is 3.44. The van der Waals surface area contributed by atoms with Crippen molar-refractivity contribution in [3.8, 4) is 0 Å². The van der Waals surface area contributed by atoms with E-state index < -0.39 is 0 Å². The minimum Gasteiger partial charge on any atom is -0.340 e. The van der Waals surface area contributed by atoms with Crippen LogP contribution in [0.3, 0.4) is 0 Å². The molecule has 1 heterocycles. The Hall–Kier alpha value is -0.570. The average molecular weight is 170 g/mol. The molecule has 1 N–H and O–H groups in total. The lowest BCUT2D eigenvalue weighted by Crippen LogP contribution is -2.51. The Balaban J connectivity index is 2.35. The molecule has 1 aliphatic heterocycles. The summed E-state index contributed by atoms with van der Waals surface area (Å²) in [6.07, 6.45) is 1.66. The highest BCUT2D eigenvalue weighted by Gasteiger charge is 2.18. The van der Waals surface area contributed by atoms with Crippen LogP contribution in [-0.4, -0.2) is 36.5 Å². The second kappa shape index (κ2) is 4.45. The molecule has 0 aromatic carbocycles. The molecule has 1 amide bonds. The van der Waals surface area contributed by atoms with Gasteiger partial charge in [0.05, 0.1) is 0 Å². The van der Waals surface area contributed by atoms with Gasteiger partial charge in [0.1, 0.15) is 0 Å². The third-order valence-corrected chi connectivity index (χ3v) is 2.19. The minimum absolute atomic E-state index is 0.311. The number of carbonyl (C=O) groups excluding carboxylic acids is 1. The molecule has 0 aromatic heterocycles. The van der Waals surface area contributed by atoms with E-state index in [1.165, 1.54) is 0 Å². The van der Waals surface area contributed by atoms with Gasteiger partial charge in [-0.2, -0.15) is 0 Å². The maximum absolute atomic E-state index is 11.4. The summed E-state index contributed by atoms with van der Waals surface area (Å²) in [5.74, 6) is 0.311. The van der Waals surface area contributed by atoms with Crippen LogP contribution in [-0.2, 0) is 4.79 Å². The molecule has 1 rings (SSSR count). The summed E-state index contributed by atoms with van der Waals surface area (Å²) in [6, 6.07) is 0.458. The Labute approximate surface area is 74.1 Å². The van der Waals surface area contributed by atoms with Crippen LogP contribution in [0.15, 0.2) is 0 Å². The van der Waals surface area contributed by atoms with Crippen LogP contribution in [0.25, 0.3) is 0 Å². The molecule has 1 saturated heterocycles. The maximum atomic E-state index is 11.4. The van der Waals surface area contributed by atoms with Gasteiger partial charge < -0.3 is 10.2 Å². The molecular weight excluding hydrogens is 152 g/mol. The number of hydrogen-bond donors (Lipinski definition) is 1. The van der Waals surface area contributed by atoms with E-state index in [-0.39, 0.29) is 0 Å². The number of rotatable bonds is 2. The van der Waals surface area contributed by atoms with Gasteiger partial charge in [0.15, 0.2) is 0 Å². The molecule has 1 atom stereocenters. The van der Waals surface area contributed by atoms with E-state index in [0.717, 1.165) is 26.1 Å². The van der Waals surface area contributed by atoms with Gasteiger partial charge in [0.2, 0.25) is 5.91 Å². The molecule has 0 aliphatic carbocycles. The molecule has 1 fully saturated rings. The summed E-state index contributed by atoms with van der Waals surface area (Å²) >= 11 is 0. The first-order chi connectivity index (χ1) is 5.74. The van der Waals surface area contributed by atoms with E-state index in [9.17, 15) is 4.79 Å². The van der Waals surface area contributed by atoms with Crippen LogP contribution in [0.4, 0.5) is 0 Å². The monoisotopic (exact) mass is 170 g/mol. The fraction of sp³-hybridized carbons (Fsp3) is 0.889. The zero-order valence-electron chi connectivity index (χ0n) is 7.97. The SMILES string of the molecule is CCCC(=O)N1CCN[C@@H](C)C1. The molecule has 3 heteroatoms. The average Bonchev–Trinajstić information content (AvgIpc) is 2.05. The van der Waals surface area contributed by atoms with Gasteiger partial charge in [0, 0.05) is 32.1 Å². The number of amides is 1. The summed E-state index contributed by atoms with van der Waals surface area (Å²) in [5, 5.41) is 3.32. The molecule has 0 saturated carbocycles. The van der Waals surface area contributed by atoms with Crippen molar-refractivity contribution in [2.24, 2.45) is 0 Å². The van der Waals surface area contributed by atoms with E-state index >= 15 is 0 Å². The highest BCUT2D eigenvalue weighted by molar-refractivity contribution is 5.76. The maximum Gasteiger partial charge on any atom is 0.222 e. The number of hydrogen-bond acceptors (Lipinski definition) is 2. The van der Waals surface area contributed by atoms with E-state index in [4.69, 9.17) is 0 Å². The summed E-state index contributed by atoms with van der Waals surface area (Å²) in [4.78, 5) is 13.4. The van der Waals surface area contributed by atoms with Crippen LogP contribution in [0.1, 0.15) is 26.7 Å².